The van der Waals surface area contributed by atoms with Crippen molar-refractivity contribution in [1.82, 2.24) is 5.32 Å². The van der Waals surface area contributed by atoms with Crippen molar-refractivity contribution in [1.29, 1.82) is 0 Å². The molecule has 0 spiro atoms. The van der Waals surface area contributed by atoms with E-state index >= 15 is 0 Å². The van der Waals surface area contributed by atoms with E-state index in [1.165, 1.54) is 0 Å². The van der Waals surface area contributed by atoms with E-state index in [1.807, 2.05) is 0 Å². The Morgan fingerprint density at radius 1 is 1.18 bits per heavy atom. The first-order chi connectivity index (χ1) is 7.83. The zero-order valence-corrected chi connectivity index (χ0v) is 11.2. The molecule has 0 rings (SSSR count). The lowest BCUT2D eigenvalue weighted by atomic mass is 10.1. The molecule has 0 aromatic carbocycles. The highest BCUT2D eigenvalue weighted by Gasteiger charge is 2.10. The van der Waals surface area contributed by atoms with Gasteiger partial charge in [0.05, 0.1) is 0 Å². The van der Waals surface area contributed by atoms with Gasteiger partial charge in [0, 0.05) is 18.3 Å². The number of rotatable bonds is 9. The van der Waals surface area contributed by atoms with Crippen LogP contribution in [0, 0.1) is 0 Å². The predicted molar refractivity (Wildman–Crippen MR) is 67.8 cm³/mol. The molecule has 0 aliphatic rings. The fourth-order valence-corrected chi connectivity index (χ4v) is 1.96. The first-order valence-electron chi connectivity index (χ1n) is 5.81. The molecule has 0 heterocycles. The molecule has 6 heteroatoms. The Kier molecular flexibility index (Phi) is 8.13. The summed E-state index contributed by atoms with van der Waals surface area (Å²) >= 11 is 0. The lowest BCUT2D eigenvalue weighted by Gasteiger charge is -2.05. The summed E-state index contributed by atoms with van der Waals surface area (Å²) in [5, 5.41) is 2.73. The van der Waals surface area contributed by atoms with Gasteiger partial charge in [-0.1, -0.05) is 25.8 Å². The number of carbonyl (C=O) groups excluding carboxylic acids is 1. The van der Waals surface area contributed by atoms with E-state index in [-0.39, 0.29) is 12.1 Å². The van der Waals surface area contributed by atoms with Gasteiger partial charge >= 0.3 is 7.60 Å². The molecule has 0 fully saturated rings. The van der Waals surface area contributed by atoms with Crippen LogP contribution in [0.2, 0.25) is 0 Å². The van der Waals surface area contributed by atoms with Crippen molar-refractivity contribution in [3.05, 3.63) is 12.2 Å². The van der Waals surface area contributed by atoms with Crippen molar-refractivity contribution in [2.75, 3.05) is 12.7 Å². The van der Waals surface area contributed by atoms with E-state index < -0.39 is 7.60 Å². The second kappa shape index (κ2) is 8.45. The molecule has 0 aliphatic carbocycles. The van der Waals surface area contributed by atoms with E-state index in [0.717, 1.165) is 25.7 Å². The number of carbonyl (C=O) groups is 1. The Hall–Kier alpha value is -0.640. The van der Waals surface area contributed by atoms with Gasteiger partial charge in [0.1, 0.15) is 0 Å². The van der Waals surface area contributed by atoms with Crippen molar-refractivity contribution >= 4 is 13.5 Å². The van der Waals surface area contributed by atoms with Gasteiger partial charge in [-0.2, -0.15) is 0 Å². The van der Waals surface area contributed by atoms with Gasteiger partial charge in [0.25, 0.3) is 0 Å². The highest BCUT2D eigenvalue weighted by Crippen LogP contribution is 2.35. The molecule has 17 heavy (non-hydrogen) atoms. The molecule has 0 radical (unpaired) electrons. The lowest BCUT2D eigenvalue weighted by molar-refractivity contribution is -0.117. The predicted octanol–water partition coefficient (Wildman–Crippen LogP) is 1.81. The summed E-state index contributed by atoms with van der Waals surface area (Å²) in [5.41, 5.74) is 0.506. The Bertz CT molecular complexity index is 298. The highest BCUT2D eigenvalue weighted by atomic mass is 31.2. The molecule has 0 aliphatic heterocycles. The van der Waals surface area contributed by atoms with Crippen LogP contribution in [0.25, 0.3) is 0 Å². The van der Waals surface area contributed by atoms with Crippen LogP contribution in [-0.2, 0) is 9.36 Å². The average Bonchev–Trinajstić information content (AvgIpc) is 2.19. The molecule has 100 valence electrons. The smallest absolute Gasteiger partial charge is 0.325 e. The molecule has 0 aromatic rings. The summed E-state index contributed by atoms with van der Waals surface area (Å²) in [7, 11) is -3.82. The fourth-order valence-electron chi connectivity index (χ4n) is 1.33. The van der Waals surface area contributed by atoms with Gasteiger partial charge in [-0.25, -0.2) is 0 Å². The van der Waals surface area contributed by atoms with E-state index in [0.29, 0.717) is 18.5 Å². The summed E-state index contributed by atoms with van der Waals surface area (Å²) in [5.74, 6) is -0.119. The lowest BCUT2D eigenvalue weighted by Crippen LogP contribution is -2.24. The molecule has 0 unspecified atom stereocenters. The first-order valence-corrected chi connectivity index (χ1v) is 7.61. The third-order valence-electron chi connectivity index (χ3n) is 2.30. The monoisotopic (exact) mass is 263 g/mol. The SMILES string of the molecule is C=C(C)C(=O)NCCCCCCCP(=O)(O)O. The van der Waals surface area contributed by atoms with E-state index in [2.05, 4.69) is 11.9 Å². The third kappa shape index (κ3) is 11.6. The number of hydrogen-bond acceptors (Lipinski definition) is 2. The average molecular weight is 263 g/mol. The minimum atomic E-state index is -3.82. The van der Waals surface area contributed by atoms with Gasteiger partial charge in [-0.3, -0.25) is 9.36 Å². The number of nitrogens with one attached hydrogen (secondary N) is 1. The summed E-state index contributed by atoms with van der Waals surface area (Å²) in [6.45, 7) is 5.82. The molecular formula is C11H22NO4P. The van der Waals surface area contributed by atoms with Crippen molar-refractivity contribution < 1.29 is 19.1 Å². The van der Waals surface area contributed by atoms with Crippen molar-refractivity contribution in [3.63, 3.8) is 0 Å². The summed E-state index contributed by atoms with van der Waals surface area (Å²) in [6, 6.07) is 0. The molecule has 0 atom stereocenters. The van der Waals surface area contributed by atoms with Crippen LogP contribution in [0.4, 0.5) is 0 Å². The van der Waals surface area contributed by atoms with Crippen LogP contribution in [0.1, 0.15) is 39.0 Å². The van der Waals surface area contributed by atoms with Crippen LogP contribution in [-0.4, -0.2) is 28.4 Å². The largest absolute Gasteiger partial charge is 0.352 e. The minimum absolute atomic E-state index is 0.0284. The van der Waals surface area contributed by atoms with Gasteiger partial charge < -0.3 is 15.1 Å². The van der Waals surface area contributed by atoms with Crippen molar-refractivity contribution in [2.24, 2.45) is 0 Å². The maximum absolute atomic E-state index is 11.1. The summed E-state index contributed by atoms with van der Waals surface area (Å²) in [4.78, 5) is 28.3. The van der Waals surface area contributed by atoms with Crippen LogP contribution >= 0.6 is 7.60 Å². The highest BCUT2D eigenvalue weighted by molar-refractivity contribution is 7.51. The molecule has 0 saturated heterocycles. The van der Waals surface area contributed by atoms with Crippen LogP contribution in [0.5, 0.6) is 0 Å². The Balaban J connectivity index is 3.28. The molecule has 0 bridgehead atoms. The van der Waals surface area contributed by atoms with E-state index in [4.69, 9.17) is 9.79 Å². The zero-order valence-electron chi connectivity index (χ0n) is 10.3. The van der Waals surface area contributed by atoms with E-state index in [9.17, 15) is 9.36 Å². The Morgan fingerprint density at radius 3 is 2.24 bits per heavy atom. The maximum atomic E-state index is 11.1. The molecule has 1 amide bonds. The van der Waals surface area contributed by atoms with Crippen LogP contribution < -0.4 is 5.32 Å². The minimum Gasteiger partial charge on any atom is -0.352 e. The van der Waals surface area contributed by atoms with Crippen molar-refractivity contribution in [3.8, 4) is 0 Å². The summed E-state index contributed by atoms with van der Waals surface area (Å²) < 4.78 is 10.5. The van der Waals surface area contributed by atoms with Gasteiger partial charge in [0.15, 0.2) is 0 Å². The second-order valence-electron chi connectivity index (χ2n) is 4.19. The molecule has 0 aromatic heterocycles. The quantitative estimate of drug-likeness (QED) is 0.336. The maximum Gasteiger partial charge on any atom is 0.325 e. The summed E-state index contributed by atoms with van der Waals surface area (Å²) in [6.07, 6.45) is 4.12. The molecule has 3 N–H and O–H groups in total. The van der Waals surface area contributed by atoms with Gasteiger partial charge in [-0.05, 0) is 19.8 Å². The molecule has 5 nitrogen and oxygen atoms in total. The Morgan fingerprint density at radius 2 is 1.71 bits per heavy atom. The molecule has 0 saturated carbocycles. The number of unbranched alkanes of at least 4 members (excludes halogenated alkanes) is 4. The van der Waals surface area contributed by atoms with Crippen LogP contribution in [0.3, 0.4) is 0 Å². The standard InChI is InChI=1S/C11H22NO4P/c1-10(2)11(13)12-8-6-4-3-5-7-9-17(14,15)16/h1,3-9H2,2H3,(H,12,13)(H2,14,15,16). The van der Waals surface area contributed by atoms with Gasteiger partial charge in [0.2, 0.25) is 5.91 Å². The molecular weight excluding hydrogens is 241 g/mol. The van der Waals surface area contributed by atoms with Gasteiger partial charge in [-0.15, -0.1) is 0 Å². The fraction of sp³-hybridized carbons (Fsp3) is 0.727. The number of amides is 1. The normalized spacial score (nSPS) is 11.2. The van der Waals surface area contributed by atoms with E-state index in [1.54, 1.807) is 6.92 Å². The third-order valence-corrected chi connectivity index (χ3v) is 3.20. The van der Waals surface area contributed by atoms with Crippen molar-refractivity contribution in [2.45, 2.75) is 39.0 Å². The van der Waals surface area contributed by atoms with Crippen LogP contribution in [0.15, 0.2) is 12.2 Å². The number of hydrogen-bond donors (Lipinski definition) is 3. The second-order valence-corrected chi connectivity index (χ2v) is 5.97. The topological polar surface area (TPSA) is 86.6 Å². The Labute approximate surface area is 102 Å². The first kappa shape index (κ1) is 16.4. The zero-order chi connectivity index (χ0) is 13.3.